The summed E-state index contributed by atoms with van der Waals surface area (Å²) < 4.78 is 1.59. The molecule has 82 valence electrons. The number of hydrogen-bond donors (Lipinski definition) is 1. The Labute approximate surface area is 91.6 Å². The summed E-state index contributed by atoms with van der Waals surface area (Å²) in [5.41, 5.74) is 1.75. The van der Waals surface area contributed by atoms with E-state index in [0.29, 0.717) is 5.82 Å². The highest BCUT2D eigenvalue weighted by Gasteiger charge is 2.10. The number of rotatable bonds is 2. The first kappa shape index (κ1) is 10.3. The average Bonchev–Trinajstić information content (AvgIpc) is 2.58. The summed E-state index contributed by atoms with van der Waals surface area (Å²) in [5.74, 6) is -0.925. The lowest BCUT2D eigenvalue weighted by Crippen LogP contribution is -2.09. The van der Waals surface area contributed by atoms with E-state index in [0.717, 1.165) is 11.4 Å². The van der Waals surface area contributed by atoms with Crippen molar-refractivity contribution < 1.29 is 9.90 Å². The van der Waals surface area contributed by atoms with Crippen LogP contribution < -0.4 is 0 Å². The van der Waals surface area contributed by atoms with E-state index < -0.39 is 5.97 Å². The highest BCUT2D eigenvalue weighted by Crippen LogP contribution is 2.08. The largest absolute Gasteiger partial charge is 0.475 e. The van der Waals surface area contributed by atoms with Crippen molar-refractivity contribution in [1.29, 1.82) is 0 Å². The molecule has 0 aliphatic heterocycles. The normalized spacial score (nSPS) is 10.4. The number of hydrogen-bond acceptors (Lipinski definition) is 4. The molecule has 0 aliphatic carbocycles. The molecule has 0 saturated heterocycles. The smallest absolute Gasteiger partial charge is 0.374 e. The molecule has 0 fully saturated rings. The zero-order valence-corrected chi connectivity index (χ0v) is 8.88. The fourth-order valence-electron chi connectivity index (χ4n) is 1.43. The van der Waals surface area contributed by atoms with Crippen molar-refractivity contribution in [3.05, 3.63) is 35.5 Å². The third-order valence-corrected chi connectivity index (χ3v) is 2.06. The number of carbonyl (C=O) groups is 1. The van der Waals surface area contributed by atoms with Gasteiger partial charge in [0, 0.05) is 18.0 Å². The second-order valence-corrected chi connectivity index (χ2v) is 3.38. The van der Waals surface area contributed by atoms with Crippen LogP contribution in [-0.2, 0) is 0 Å². The topological polar surface area (TPSA) is 80.9 Å². The van der Waals surface area contributed by atoms with Crippen molar-refractivity contribution in [3.63, 3.8) is 0 Å². The first-order chi connectivity index (χ1) is 7.58. The minimum absolute atomic E-state index is 0.231. The van der Waals surface area contributed by atoms with Crippen LogP contribution in [0.15, 0.2) is 18.3 Å². The van der Waals surface area contributed by atoms with Crippen molar-refractivity contribution in [2.45, 2.75) is 13.8 Å². The molecule has 0 radical (unpaired) electrons. The van der Waals surface area contributed by atoms with Crippen molar-refractivity contribution in [2.24, 2.45) is 0 Å². The molecular formula is C10H10N4O2. The van der Waals surface area contributed by atoms with Gasteiger partial charge in [-0.1, -0.05) is 0 Å². The number of aromatic nitrogens is 4. The Kier molecular flexibility index (Phi) is 2.40. The monoisotopic (exact) mass is 218 g/mol. The van der Waals surface area contributed by atoms with Crippen LogP contribution in [0.3, 0.4) is 0 Å². The van der Waals surface area contributed by atoms with Gasteiger partial charge in [-0.3, -0.25) is 0 Å². The molecule has 0 unspecified atom stereocenters. The maximum absolute atomic E-state index is 10.7. The highest BCUT2D eigenvalue weighted by atomic mass is 16.4. The fourth-order valence-corrected chi connectivity index (χ4v) is 1.43. The highest BCUT2D eigenvalue weighted by molar-refractivity contribution is 5.83. The van der Waals surface area contributed by atoms with Crippen LogP contribution in [0.1, 0.15) is 22.0 Å². The van der Waals surface area contributed by atoms with E-state index >= 15 is 0 Å². The number of carboxylic acid groups (broad SMARTS) is 1. The predicted molar refractivity (Wildman–Crippen MR) is 55.6 cm³/mol. The van der Waals surface area contributed by atoms with Gasteiger partial charge in [0.15, 0.2) is 5.82 Å². The summed E-state index contributed by atoms with van der Waals surface area (Å²) in [6.45, 7) is 3.74. The molecule has 2 rings (SSSR count). The summed E-state index contributed by atoms with van der Waals surface area (Å²) in [6, 6.07) is 3.51. The zero-order chi connectivity index (χ0) is 11.7. The fraction of sp³-hybridized carbons (Fsp3) is 0.200. The van der Waals surface area contributed by atoms with E-state index in [-0.39, 0.29) is 5.82 Å². The van der Waals surface area contributed by atoms with Gasteiger partial charge in [-0.05, 0) is 19.9 Å². The third kappa shape index (κ3) is 1.77. The molecule has 0 bridgehead atoms. The molecule has 0 aromatic carbocycles. The summed E-state index contributed by atoms with van der Waals surface area (Å²) in [7, 11) is 0. The Bertz CT molecular complexity index is 548. The molecule has 6 nitrogen and oxygen atoms in total. The van der Waals surface area contributed by atoms with E-state index in [9.17, 15) is 4.79 Å². The van der Waals surface area contributed by atoms with Gasteiger partial charge in [0.2, 0.25) is 5.82 Å². The molecule has 0 atom stereocenters. The maximum atomic E-state index is 10.7. The van der Waals surface area contributed by atoms with Gasteiger partial charge in [-0.15, -0.1) is 0 Å². The van der Waals surface area contributed by atoms with Crippen molar-refractivity contribution in [2.75, 3.05) is 0 Å². The Balaban J connectivity index is 2.52. The lowest BCUT2D eigenvalue weighted by Gasteiger charge is -2.02. The molecule has 1 N–H and O–H groups in total. The van der Waals surface area contributed by atoms with E-state index in [2.05, 4.69) is 15.1 Å². The quantitative estimate of drug-likeness (QED) is 0.812. The minimum Gasteiger partial charge on any atom is -0.475 e. The number of nitrogens with zero attached hydrogens (tertiary/aromatic N) is 4. The Morgan fingerprint density at radius 1 is 1.44 bits per heavy atom. The maximum Gasteiger partial charge on any atom is 0.374 e. The first-order valence-corrected chi connectivity index (χ1v) is 4.68. The Morgan fingerprint density at radius 2 is 2.19 bits per heavy atom. The molecule has 0 spiro atoms. The van der Waals surface area contributed by atoms with Gasteiger partial charge in [0.05, 0.1) is 5.69 Å². The van der Waals surface area contributed by atoms with Crippen molar-refractivity contribution in [3.8, 4) is 5.82 Å². The summed E-state index contributed by atoms with van der Waals surface area (Å²) in [4.78, 5) is 18.3. The van der Waals surface area contributed by atoms with Gasteiger partial charge in [0.1, 0.15) is 0 Å². The molecule has 0 saturated carbocycles. The van der Waals surface area contributed by atoms with E-state index in [1.165, 1.54) is 6.20 Å². The van der Waals surface area contributed by atoms with Crippen LogP contribution in [0.25, 0.3) is 5.82 Å². The third-order valence-electron chi connectivity index (χ3n) is 2.06. The van der Waals surface area contributed by atoms with Crippen LogP contribution in [0, 0.1) is 13.8 Å². The lowest BCUT2D eigenvalue weighted by atomic mass is 10.4. The van der Waals surface area contributed by atoms with E-state index in [1.807, 2.05) is 19.9 Å². The number of aromatic carboxylic acids is 1. The second kappa shape index (κ2) is 3.73. The molecule has 16 heavy (non-hydrogen) atoms. The van der Waals surface area contributed by atoms with E-state index in [4.69, 9.17) is 5.11 Å². The summed E-state index contributed by atoms with van der Waals surface area (Å²) in [6.07, 6.45) is 1.40. The van der Waals surface area contributed by atoms with Gasteiger partial charge >= 0.3 is 5.97 Å². The van der Waals surface area contributed by atoms with Crippen molar-refractivity contribution in [1.82, 2.24) is 19.7 Å². The van der Waals surface area contributed by atoms with Crippen molar-refractivity contribution >= 4 is 5.97 Å². The Morgan fingerprint density at radius 3 is 2.75 bits per heavy atom. The molecule has 2 aromatic heterocycles. The lowest BCUT2D eigenvalue weighted by molar-refractivity contribution is 0.0683. The first-order valence-electron chi connectivity index (χ1n) is 4.68. The summed E-state index contributed by atoms with van der Waals surface area (Å²) in [5, 5.41) is 13.0. The molecule has 6 heteroatoms. The van der Waals surface area contributed by atoms with Gasteiger partial charge in [0.25, 0.3) is 0 Å². The van der Waals surface area contributed by atoms with Crippen LogP contribution >= 0.6 is 0 Å². The number of aryl methyl sites for hydroxylation is 2. The van der Waals surface area contributed by atoms with Crippen LogP contribution in [0.2, 0.25) is 0 Å². The minimum atomic E-state index is -1.15. The zero-order valence-electron chi connectivity index (χ0n) is 8.88. The average molecular weight is 218 g/mol. The van der Waals surface area contributed by atoms with Gasteiger partial charge in [-0.25, -0.2) is 19.4 Å². The molecule has 0 aliphatic rings. The Hall–Kier alpha value is -2.24. The summed E-state index contributed by atoms with van der Waals surface area (Å²) >= 11 is 0. The van der Waals surface area contributed by atoms with Crippen LogP contribution in [0.5, 0.6) is 0 Å². The van der Waals surface area contributed by atoms with E-state index in [1.54, 1.807) is 10.7 Å². The molecule has 2 aromatic rings. The number of carboxylic acids is 1. The SMILES string of the molecule is Cc1cc(C)n(-c2ccnc(C(=O)O)n2)n1. The van der Waals surface area contributed by atoms with Crippen LogP contribution in [-0.4, -0.2) is 30.8 Å². The molecular weight excluding hydrogens is 208 g/mol. The second-order valence-electron chi connectivity index (χ2n) is 3.38. The predicted octanol–water partition coefficient (Wildman–Crippen LogP) is 0.977. The van der Waals surface area contributed by atoms with Gasteiger partial charge < -0.3 is 5.11 Å². The standard InChI is InChI=1S/C10H10N4O2/c1-6-5-7(2)14(13-6)8-3-4-11-9(12-8)10(15)16/h3-5H,1-2H3,(H,15,16). The van der Waals surface area contributed by atoms with Crippen LogP contribution in [0.4, 0.5) is 0 Å². The molecule has 2 heterocycles. The van der Waals surface area contributed by atoms with Gasteiger partial charge in [-0.2, -0.15) is 5.10 Å². The molecule has 0 amide bonds.